The molecule has 0 aliphatic carbocycles. The summed E-state index contributed by atoms with van der Waals surface area (Å²) in [6.07, 6.45) is 3.97. The fraction of sp³-hybridized carbons (Fsp3) is 0.385. The average molecular weight is 308 g/mol. The van der Waals surface area contributed by atoms with Crippen LogP contribution in [0.4, 0.5) is 0 Å². The molecular formula is C13H14BrN3O. The second kappa shape index (κ2) is 4.82. The molecule has 0 radical (unpaired) electrons. The Bertz CT molecular complexity index is 632. The lowest BCUT2D eigenvalue weighted by Gasteiger charge is -2.12. The van der Waals surface area contributed by atoms with Gasteiger partial charge in [-0.1, -0.05) is 15.9 Å². The van der Waals surface area contributed by atoms with Crippen LogP contribution in [-0.2, 0) is 6.54 Å². The van der Waals surface area contributed by atoms with Gasteiger partial charge in [-0.25, -0.2) is 4.98 Å². The van der Waals surface area contributed by atoms with Crippen molar-refractivity contribution in [1.82, 2.24) is 14.9 Å². The van der Waals surface area contributed by atoms with Gasteiger partial charge in [0.15, 0.2) is 0 Å². The SMILES string of the molecule is O=c1c2cc(Br)ccc2ncn1C[C@H]1CCCN1. The lowest BCUT2D eigenvalue weighted by atomic mass is 10.2. The molecule has 4 nitrogen and oxygen atoms in total. The van der Waals surface area contributed by atoms with E-state index in [1.807, 2.05) is 18.2 Å². The lowest BCUT2D eigenvalue weighted by Crippen LogP contribution is -2.32. The van der Waals surface area contributed by atoms with E-state index in [1.165, 1.54) is 6.42 Å². The van der Waals surface area contributed by atoms with Gasteiger partial charge in [0, 0.05) is 17.1 Å². The molecule has 1 aromatic heterocycles. The smallest absolute Gasteiger partial charge is 0.261 e. The zero-order valence-electron chi connectivity index (χ0n) is 9.90. The van der Waals surface area contributed by atoms with E-state index in [4.69, 9.17) is 0 Å². The average Bonchev–Trinajstić information content (AvgIpc) is 2.86. The van der Waals surface area contributed by atoms with Crippen molar-refractivity contribution in [1.29, 1.82) is 0 Å². The van der Waals surface area contributed by atoms with Crippen molar-refractivity contribution >= 4 is 26.8 Å². The summed E-state index contributed by atoms with van der Waals surface area (Å²) in [7, 11) is 0. The molecule has 2 aromatic rings. The molecule has 0 amide bonds. The number of rotatable bonds is 2. The Morgan fingerprint density at radius 2 is 2.39 bits per heavy atom. The maximum atomic E-state index is 12.3. The molecule has 18 heavy (non-hydrogen) atoms. The van der Waals surface area contributed by atoms with Gasteiger partial charge in [-0.05, 0) is 37.6 Å². The molecule has 0 unspecified atom stereocenters. The first-order valence-corrected chi connectivity index (χ1v) is 6.91. The number of nitrogens with one attached hydrogen (secondary N) is 1. The first-order valence-electron chi connectivity index (χ1n) is 6.12. The van der Waals surface area contributed by atoms with E-state index in [1.54, 1.807) is 10.9 Å². The quantitative estimate of drug-likeness (QED) is 0.922. The molecule has 1 atom stereocenters. The van der Waals surface area contributed by atoms with Crippen molar-refractivity contribution in [3.63, 3.8) is 0 Å². The van der Waals surface area contributed by atoms with Crippen molar-refractivity contribution in [2.75, 3.05) is 6.54 Å². The Morgan fingerprint density at radius 3 is 3.17 bits per heavy atom. The van der Waals surface area contributed by atoms with E-state index >= 15 is 0 Å². The van der Waals surface area contributed by atoms with Gasteiger partial charge in [-0.15, -0.1) is 0 Å². The highest BCUT2D eigenvalue weighted by atomic mass is 79.9. The molecular weight excluding hydrogens is 294 g/mol. The van der Waals surface area contributed by atoms with Crippen LogP contribution in [0, 0.1) is 0 Å². The third-order valence-electron chi connectivity index (χ3n) is 3.37. The number of aromatic nitrogens is 2. The number of hydrogen-bond donors (Lipinski definition) is 1. The Balaban J connectivity index is 2.02. The largest absolute Gasteiger partial charge is 0.312 e. The minimum atomic E-state index is 0.0370. The van der Waals surface area contributed by atoms with Gasteiger partial charge < -0.3 is 5.32 Å². The van der Waals surface area contributed by atoms with Crippen LogP contribution in [0.3, 0.4) is 0 Å². The minimum Gasteiger partial charge on any atom is -0.312 e. The Labute approximate surface area is 113 Å². The summed E-state index contributed by atoms with van der Waals surface area (Å²) in [6, 6.07) is 5.99. The number of benzene rings is 1. The molecule has 1 aromatic carbocycles. The summed E-state index contributed by atoms with van der Waals surface area (Å²) in [6.45, 7) is 1.75. The zero-order valence-corrected chi connectivity index (χ0v) is 11.5. The predicted octanol–water partition coefficient (Wildman–Crippen LogP) is 1.91. The predicted molar refractivity (Wildman–Crippen MR) is 74.7 cm³/mol. The van der Waals surface area contributed by atoms with Gasteiger partial charge in [-0.3, -0.25) is 9.36 Å². The van der Waals surface area contributed by atoms with E-state index in [0.29, 0.717) is 18.0 Å². The van der Waals surface area contributed by atoms with Crippen molar-refractivity contribution < 1.29 is 0 Å². The van der Waals surface area contributed by atoms with Gasteiger partial charge in [0.25, 0.3) is 5.56 Å². The van der Waals surface area contributed by atoms with Crippen LogP contribution in [0.25, 0.3) is 10.9 Å². The maximum absolute atomic E-state index is 12.3. The zero-order chi connectivity index (χ0) is 12.5. The van der Waals surface area contributed by atoms with Crippen molar-refractivity contribution in [3.8, 4) is 0 Å². The highest BCUT2D eigenvalue weighted by Crippen LogP contribution is 2.15. The number of fused-ring (bicyclic) bond motifs is 1. The van der Waals surface area contributed by atoms with Gasteiger partial charge in [-0.2, -0.15) is 0 Å². The first kappa shape index (κ1) is 11.9. The monoisotopic (exact) mass is 307 g/mol. The summed E-state index contributed by atoms with van der Waals surface area (Å²) < 4.78 is 2.61. The highest BCUT2D eigenvalue weighted by Gasteiger charge is 2.15. The molecule has 5 heteroatoms. The van der Waals surface area contributed by atoms with E-state index < -0.39 is 0 Å². The van der Waals surface area contributed by atoms with Gasteiger partial charge in [0.2, 0.25) is 0 Å². The lowest BCUT2D eigenvalue weighted by molar-refractivity contribution is 0.497. The Morgan fingerprint density at radius 1 is 1.50 bits per heavy atom. The number of hydrogen-bond acceptors (Lipinski definition) is 3. The van der Waals surface area contributed by atoms with Crippen LogP contribution < -0.4 is 10.9 Å². The summed E-state index contributed by atoms with van der Waals surface area (Å²) in [5.74, 6) is 0. The van der Waals surface area contributed by atoms with Crippen LogP contribution >= 0.6 is 15.9 Å². The summed E-state index contributed by atoms with van der Waals surface area (Å²) >= 11 is 3.39. The molecule has 2 heterocycles. The van der Waals surface area contributed by atoms with Gasteiger partial charge in [0.1, 0.15) is 0 Å². The van der Waals surface area contributed by atoms with Crippen molar-refractivity contribution in [2.24, 2.45) is 0 Å². The third-order valence-corrected chi connectivity index (χ3v) is 3.86. The Hall–Kier alpha value is -1.20. The first-order chi connectivity index (χ1) is 8.74. The van der Waals surface area contributed by atoms with Crippen molar-refractivity contribution in [2.45, 2.75) is 25.4 Å². The van der Waals surface area contributed by atoms with E-state index in [-0.39, 0.29) is 5.56 Å². The third kappa shape index (κ3) is 2.20. The standard InChI is InChI=1S/C13H14BrN3O/c14-9-3-4-12-11(6-9)13(18)17(8-16-12)7-10-2-1-5-15-10/h3-4,6,8,10,15H,1-2,5,7H2/t10-/m1/s1. The highest BCUT2D eigenvalue weighted by molar-refractivity contribution is 9.10. The minimum absolute atomic E-state index is 0.0370. The van der Waals surface area contributed by atoms with Crippen LogP contribution in [0.1, 0.15) is 12.8 Å². The molecule has 0 saturated carbocycles. The summed E-state index contributed by atoms with van der Waals surface area (Å²) in [5.41, 5.74) is 0.786. The molecule has 0 spiro atoms. The number of nitrogens with zero attached hydrogens (tertiary/aromatic N) is 2. The van der Waals surface area contributed by atoms with Gasteiger partial charge >= 0.3 is 0 Å². The molecule has 3 rings (SSSR count). The fourth-order valence-corrected chi connectivity index (χ4v) is 2.77. The van der Waals surface area contributed by atoms with E-state index in [2.05, 4.69) is 26.2 Å². The second-order valence-electron chi connectivity index (χ2n) is 4.66. The molecule has 0 bridgehead atoms. The molecule has 1 aliphatic rings. The normalized spacial score (nSPS) is 19.5. The topological polar surface area (TPSA) is 46.9 Å². The molecule has 1 N–H and O–H groups in total. The van der Waals surface area contributed by atoms with Crippen LogP contribution in [-0.4, -0.2) is 22.1 Å². The molecule has 1 saturated heterocycles. The fourth-order valence-electron chi connectivity index (χ4n) is 2.41. The van der Waals surface area contributed by atoms with Crippen LogP contribution in [0.2, 0.25) is 0 Å². The van der Waals surface area contributed by atoms with Crippen LogP contribution in [0.5, 0.6) is 0 Å². The summed E-state index contributed by atoms with van der Waals surface area (Å²) in [4.78, 5) is 16.7. The number of halogens is 1. The van der Waals surface area contributed by atoms with Crippen LogP contribution in [0.15, 0.2) is 33.8 Å². The molecule has 1 aliphatic heterocycles. The van der Waals surface area contributed by atoms with Crippen molar-refractivity contribution in [3.05, 3.63) is 39.4 Å². The van der Waals surface area contributed by atoms with Gasteiger partial charge in [0.05, 0.1) is 17.2 Å². The van der Waals surface area contributed by atoms with E-state index in [0.717, 1.165) is 23.0 Å². The maximum Gasteiger partial charge on any atom is 0.261 e. The molecule has 1 fully saturated rings. The second-order valence-corrected chi connectivity index (χ2v) is 5.57. The molecule has 94 valence electrons. The summed E-state index contributed by atoms with van der Waals surface area (Å²) in [5, 5.41) is 4.07. The van der Waals surface area contributed by atoms with E-state index in [9.17, 15) is 4.79 Å². The Kier molecular flexibility index (Phi) is 3.18.